The van der Waals surface area contributed by atoms with Crippen LogP contribution in [-0.4, -0.2) is 6.04 Å². The van der Waals surface area contributed by atoms with Crippen LogP contribution in [0.1, 0.15) is 31.3 Å². The van der Waals surface area contributed by atoms with Crippen LogP contribution in [0.2, 0.25) is 0 Å². The highest BCUT2D eigenvalue weighted by Crippen LogP contribution is 2.26. The van der Waals surface area contributed by atoms with Crippen molar-refractivity contribution < 1.29 is 8.78 Å². The van der Waals surface area contributed by atoms with E-state index in [1.165, 1.54) is 18.6 Å². The van der Waals surface area contributed by atoms with Crippen LogP contribution in [0.15, 0.2) is 24.3 Å². The Labute approximate surface area is 82.1 Å². The molecular formula is C11H13F2N. The molecule has 0 amide bonds. The Bertz CT molecular complexity index is 308. The average molecular weight is 197 g/mol. The van der Waals surface area contributed by atoms with Crippen LogP contribution in [0.4, 0.5) is 14.5 Å². The minimum absolute atomic E-state index is 0.0920. The Balaban J connectivity index is 2.05. The van der Waals surface area contributed by atoms with Gasteiger partial charge in [0.15, 0.2) is 0 Å². The van der Waals surface area contributed by atoms with Crippen LogP contribution in [0.25, 0.3) is 0 Å². The maximum absolute atomic E-state index is 12.4. The van der Waals surface area contributed by atoms with Gasteiger partial charge in [0.25, 0.3) is 6.43 Å². The lowest BCUT2D eigenvalue weighted by atomic mass is 9.93. The molecule has 76 valence electrons. The Morgan fingerprint density at radius 1 is 1.29 bits per heavy atom. The molecule has 0 saturated heterocycles. The third-order valence-corrected chi connectivity index (χ3v) is 2.61. The largest absolute Gasteiger partial charge is 0.382 e. The van der Waals surface area contributed by atoms with E-state index < -0.39 is 6.43 Å². The Morgan fingerprint density at radius 3 is 2.64 bits per heavy atom. The van der Waals surface area contributed by atoms with Gasteiger partial charge in [-0.1, -0.05) is 12.1 Å². The van der Waals surface area contributed by atoms with Crippen LogP contribution in [-0.2, 0) is 0 Å². The van der Waals surface area contributed by atoms with Crippen LogP contribution >= 0.6 is 0 Å². The number of hydrogen-bond acceptors (Lipinski definition) is 1. The number of alkyl halides is 2. The molecular weight excluding hydrogens is 184 g/mol. The molecule has 1 nitrogen and oxygen atoms in total. The minimum atomic E-state index is -2.38. The number of rotatable bonds is 3. The fourth-order valence-corrected chi connectivity index (χ4v) is 1.55. The number of halogens is 2. The highest BCUT2D eigenvalue weighted by atomic mass is 19.3. The van der Waals surface area contributed by atoms with Crippen LogP contribution in [0.5, 0.6) is 0 Å². The molecule has 1 aliphatic rings. The quantitative estimate of drug-likeness (QED) is 0.780. The van der Waals surface area contributed by atoms with Gasteiger partial charge in [0, 0.05) is 17.3 Å². The zero-order valence-electron chi connectivity index (χ0n) is 7.84. The van der Waals surface area contributed by atoms with E-state index in [1.807, 2.05) is 6.07 Å². The molecule has 0 radical (unpaired) electrons. The van der Waals surface area contributed by atoms with Crippen molar-refractivity contribution in [3.63, 3.8) is 0 Å². The second-order valence-corrected chi connectivity index (χ2v) is 3.70. The van der Waals surface area contributed by atoms with Crippen LogP contribution < -0.4 is 5.32 Å². The molecule has 0 aromatic heterocycles. The van der Waals surface area contributed by atoms with E-state index in [0.717, 1.165) is 18.5 Å². The van der Waals surface area contributed by atoms with Gasteiger partial charge in [0.05, 0.1) is 0 Å². The van der Waals surface area contributed by atoms with E-state index in [0.29, 0.717) is 6.04 Å². The molecule has 0 spiro atoms. The Hall–Kier alpha value is -1.12. The van der Waals surface area contributed by atoms with E-state index >= 15 is 0 Å². The van der Waals surface area contributed by atoms with Crippen molar-refractivity contribution in [1.82, 2.24) is 0 Å². The lowest BCUT2D eigenvalue weighted by Crippen LogP contribution is -2.26. The summed E-state index contributed by atoms with van der Waals surface area (Å²) < 4.78 is 24.7. The zero-order chi connectivity index (χ0) is 9.97. The summed E-state index contributed by atoms with van der Waals surface area (Å²) in [4.78, 5) is 0. The molecule has 14 heavy (non-hydrogen) atoms. The minimum Gasteiger partial charge on any atom is -0.382 e. The first-order valence-electron chi connectivity index (χ1n) is 4.90. The fraction of sp³-hybridized carbons (Fsp3) is 0.455. The third kappa shape index (κ3) is 2.03. The van der Waals surface area contributed by atoms with Crippen molar-refractivity contribution in [2.45, 2.75) is 31.7 Å². The van der Waals surface area contributed by atoms with Crippen molar-refractivity contribution in [1.29, 1.82) is 0 Å². The molecule has 1 saturated carbocycles. The smallest absolute Gasteiger partial charge is 0.263 e. The SMILES string of the molecule is FC(F)c1cccc(NC2CCC2)c1. The fourth-order valence-electron chi connectivity index (χ4n) is 1.55. The van der Waals surface area contributed by atoms with Gasteiger partial charge in [-0.25, -0.2) is 8.78 Å². The van der Waals surface area contributed by atoms with Crippen molar-refractivity contribution in [3.8, 4) is 0 Å². The summed E-state index contributed by atoms with van der Waals surface area (Å²) >= 11 is 0. The first-order chi connectivity index (χ1) is 6.75. The first-order valence-corrected chi connectivity index (χ1v) is 4.90. The topological polar surface area (TPSA) is 12.0 Å². The molecule has 1 N–H and O–H groups in total. The van der Waals surface area contributed by atoms with Gasteiger partial charge < -0.3 is 5.32 Å². The molecule has 0 bridgehead atoms. The second kappa shape index (κ2) is 3.95. The predicted molar refractivity (Wildman–Crippen MR) is 52.7 cm³/mol. The highest BCUT2D eigenvalue weighted by Gasteiger charge is 2.17. The van der Waals surface area contributed by atoms with Gasteiger partial charge in [0.2, 0.25) is 0 Å². The van der Waals surface area contributed by atoms with Crippen molar-refractivity contribution in [2.75, 3.05) is 5.32 Å². The summed E-state index contributed by atoms with van der Waals surface area (Å²) in [5, 5.41) is 3.24. The molecule has 2 rings (SSSR count). The number of benzene rings is 1. The monoisotopic (exact) mass is 197 g/mol. The first kappa shape index (κ1) is 9.44. The number of anilines is 1. The normalized spacial score (nSPS) is 16.8. The van der Waals surface area contributed by atoms with Crippen molar-refractivity contribution >= 4 is 5.69 Å². The lowest BCUT2D eigenvalue weighted by Gasteiger charge is -2.27. The molecule has 0 aliphatic heterocycles. The Kier molecular flexibility index (Phi) is 2.66. The van der Waals surface area contributed by atoms with E-state index in [9.17, 15) is 8.78 Å². The van der Waals surface area contributed by atoms with Gasteiger partial charge in [-0.15, -0.1) is 0 Å². The molecule has 1 aromatic rings. The zero-order valence-corrected chi connectivity index (χ0v) is 7.84. The maximum atomic E-state index is 12.4. The second-order valence-electron chi connectivity index (χ2n) is 3.70. The van der Waals surface area contributed by atoms with Gasteiger partial charge >= 0.3 is 0 Å². The molecule has 0 unspecified atom stereocenters. The van der Waals surface area contributed by atoms with Gasteiger partial charge in [0.1, 0.15) is 0 Å². The summed E-state index contributed by atoms with van der Waals surface area (Å²) in [7, 11) is 0. The standard InChI is InChI=1S/C11H13F2N/c12-11(13)8-3-1-6-10(7-8)14-9-4-2-5-9/h1,3,6-7,9,11,14H,2,4-5H2. The van der Waals surface area contributed by atoms with E-state index in [2.05, 4.69) is 5.32 Å². The van der Waals surface area contributed by atoms with E-state index in [4.69, 9.17) is 0 Å². The molecule has 1 fully saturated rings. The van der Waals surface area contributed by atoms with Gasteiger partial charge in [-0.2, -0.15) is 0 Å². The molecule has 0 heterocycles. The number of hydrogen-bond donors (Lipinski definition) is 1. The van der Waals surface area contributed by atoms with Crippen molar-refractivity contribution in [3.05, 3.63) is 29.8 Å². The van der Waals surface area contributed by atoms with Gasteiger partial charge in [-0.05, 0) is 31.4 Å². The maximum Gasteiger partial charge on any atom is 0.263 e. The average Bonchev–Trinajstić information content (AvgIpc) is 2.12. The lowest BCUT2D eigenvalue weighted by molar-refractivity contribution is 0.151. The Morgan fingerprint density at radius 2 is 2.07 bits per heavy atom. The van der Waals surface area contributed by atoms with Crippen LogP contribution in [0.3, 0.4) is 0 Å². The molecule has 3 heteroatoms. The molecule has 1 aliphatic carbocycles. The summed E-state index contributed by atoms with van der Waals surface area (Å²) in [6.45, 7) is 0. The van der Waals surface area contributed by atoms with Crippen molar-refractivity contribution in [2.24, 2.45) is 0 Å². The molecule has 0 atom stereocenters. The summed E-state index contributed by atoms with van der Waals surface area (Å²) in [5.74, 6) is 0. The van der Waals surface area contributed by atoms with E-state index in [1.54, 1.807) is 6.07 Å². The number of nitrogens with one attached hydrogen (secondary N) is 1. The van der Waals surface area contributed by atoms with E-state index in [-0.39, 0.29) is 5.56 Å². The summed E-state index contributed by atoms with van der Waals surface area (Å²) in [5.41, 5.74) is 0.904. The predicted octanol–water partition coefficient (Wildman–Crippen LogP) is 3.59. The third-order valence-electron chi connectivity index (χ3n) is 2.61. The highest BCUT2D eigenvalue weighted by molar-refractivity contribution is 5.47. The van der Waals surface area contributed by atoms with Crippen LogP contribution in [0, 0.1) is 0 Å². The molecule has 1 aromatic carbocycles. The summed E-state index contributed by atoms with van der Waals surface area (Å²) in [6, 6.07) is 6.98. The summed E-state index contributed by atoms with van der Waals surface area (Å²) in [6.07, 6.45) is 1.17. The van der Waals surface area contributed by atoms with Gasteiger partial charge in [-0.3, -0.25) is 0 Å².